The molecule has 2 aliphatic rings. The van der Waals surface area contributed by atoms with Gasteiger partial charge in [-0.3, -0.25) is 4.90 Å². The molecule has 1 aromatic rings. The number of carbonyl (C=O) groups is 1. The van der Waals surface area contributed by atoms with Crippen LogP contribution in [0.5, 0.6) is 0 Å². The van der Waals surface area contributed by atoms with E-state index in [4.69, 9.17) is 11.2 Å². The first-order valence-corrected chi connectivity index (χ1v) is 8.16. The predicted molar refractivity (Wildman–Crippen MR) is 91.9 cm³/mol. The highest BCUT2D eigenvalue weighted by Gasteiger charge is 2.41. The lowest BCUT2D eigenvalue weighted by molar-refractivity contribution is 0.0175. The Morgan fingerprint density at radius 2 is 1.96 bits per heavy atom. The Kier molecular flexibility index (Phi) is 3.93. The van der Waals surface area contributed by atoms with Crippen molar-refractivity contribution >= 4 is 11.7 Å². The molecule has 0 aliphatic carbocycles. The van der Waals surface area contributed by atoms with Gasteiger partial charge < -0.3 is 4.74 Å². The summed E-state index contributed by atoms with van der Waals surface area (Å²) in [5, 5.41) is 0. The van der Waals surface area contributed by atoms with E-state index in [1.807, 2.05) is 37.8 Å². The van der Waals surface area contributed by atoms with Gasteiger partial charge in [0, 0.05) is 11.6 Å². The van der Waals surface area contributed by atoms with Gasteiger partial charge in [0.15, 0.2) is 0 Å². The highest BCUT2D eigenvalue weighted by molar-refractivity contribution is 5.75. The molecule has 2 heterocycles. The van der Waals surface area contributed by atoms with Gasteiger partial charge in [0.2, 0.25) is 0 Å². The Bertz CT molecular complexity index is 673. The van der Waals surface area contributed by atoms with E-state index in [-0.39, 0.29) is 18.2 Å². The monoisotopic (exact) mass is 309 g/mol. The maximum Gasteiger partial charge on any atom is 0.411 e. The van der Waals surface area contributed by atoms with Crippen LogP contribution in [0.3, 0.4) is 0 Å². The minimum atomic E-state index is -0.453. The van der Waals surface area contributed by atoms with E-state index in [0.29, 0.717) is 0 Å². The van der Waals surface area contributed by atoms with Crippen LogP contribution >= 0.6 is 0 Å². The minimum Gasteiger partial charge on any atom is -0.444 e. The maximum atomic E-state index is 12.5. The molecule has 0 spiro atoms. The van der Waals surface area contributed by atoms with Gasteiger partial charge in [0.05, 0.1) is 6.04 Å². The van der Waals surface area contributed by atoms with Crippen LogP contribution < -0.4 is 0 Å². The number of terminal acetylenes is 1. The van der Waals surface area contributed by atoms with E-state index < -0.39 is 5.60 Å². The number of rotatable bonds is 1. The van der Waals surface area contributed by atoms with Crippen LogP contribution in [0.15, 0.2) is 30.3 Å². The third-order valence-electron chi connectivity index (χ3n) is 4.42. The Morgan fingerprint density at radius 3 is 2.52 bits per heavy atom. The van der Waals surface area contributed by atoms with E-state index >= 15 is 0 Å². The molecule has 0 saturated carbocycles. The molecule has 3 nitrogen and oxygen atoms in total. The fourth-order valence-electron chi connectivity index (χ4n) is 3.42. The molecule has 2 aliphatic heterocycles. The van der Waals surface area contributed by atoms with Crippen LogP contribution in [0.25, 0.3) is 5.57 Å². The van der Waals surface area contributed by atoms with E-state index in [1.165, 1.54) is 11.1 Å². The first-order chi connectivity index (χ1) is 10.9. The molecule has 3 rings (SSSR count). The van der Waals surface area contributed by atoms with E-state index in [0.717, 1.165) is 24.8 Å². The zero-order chi connectivity index (χ0) is 16.6. The van der Waals surface area contributed by atoms with E-state index in [9.17, 15) is 4.79 Å². The summed E-state index contributed by atoms with van der Waals surface area (Å²) in [6.45, 7) is 5.72. The third-order valence-corrected chi connectivity index (χ3v) is 4.42. The van der Waals surface area contributed by atoms with Crippen LogP contribution in [0, 0.1) is 12.3 Å². The first-order valence-electron chi connectivity index (χ1n) is 8.16. The van der Waals surface area contributed by atoms with Crippen LogP contribution in [-0.4, -0.2) is 28.7 Å². The fourth-order valence-corrected chi connectivity index (χ4v) is 3.42. The predicted octanol–water partition coefficient (Wildman–Crippen LogP) is 4.22. The molecule has 23 heavy (non-hydrogen) atoms. The quantitative estimate of drug-likeness (QED) is 0.727. The van der Waals surface area contributed by atoms with Crippen molar-refractivity contribution in [2.75, 3.05) is 0 Å². The van der Waals surface area contributed by atoms with Crippen molar-refractivity contribution in [1.82, 2.24) is 4.90 Å². The molecule has 120 valence electrons. The topological polar surface area (TPSA) is 29.5 Å². The normalized spacial score (nSPS) is 23.2. The Labute approximate surface area is 138 Å². The standard InChI is InChI=1S/C20H23NO2/c1-5-14-6-8-15(9-7-14)16-12-17-10-11-18(13-16)21(17)19(22)23-20(2,3)4/h1,6-9,12,17-18H,10-11,13H2,2-4H3. The zero-order valence-corrected chi connectivity index (χ0v) is 14.0. The van der Waals surface area contributed by atoms with Gasteiger partial charge in [-0.05, 0) is 63.3 Å². The summed E-state index contributed by atoms with van der Waals surface area (Å²) < 4.78 is 5.56. The Hall–Kier alpha value is -2.21. The van der Waals surface area contributed by atoms with Crippen molar-refractivity contribution in [2.45, 2.75) is 57.7 Å². The van der Waals surface area contributed by atoms with Crippen molar-refractivity contribution in [3.05, 3.63) is 41.5 Å². The largest absolute Gasteiger partial charge is 0.444 e. The molecule has 0 N–H and O–H groups in total. The summed E-state index contributed by atoms with van der Waals surface area (Å²) in [4.78, 5) is 14.4. The second kappa shape index (κ2) is 5.77. The van der Waals surface area contributed by atoms with Crippen molar-refractivity contribution in [1.29, 1.82) is 0 Å². The maximum absolute atomic E-state index is 12.5. The van der Waals surface area contributed by atoms with Crippen molar-refractivity contribution in [3.8, 4) is 12.3 Å². The molecule has 2 atom stereocenters. The summed E-state index contributed by atoms with van der Waals surface area (Å²) in [5.41, 5.74) is 2.94. The minimum absolute atomic E-state index is 0.144. The van der Waals surface area contributed by atoms with Gasteiger partial charge in [-0.15, -0.1) is 6.42 Å². The van der Waals surface area contributed by atoms with Gasteiger partial charge in [-0.1, -0.05) is 24.1 Å². The number of nitrogens with zero attached hydrogens (tertiary/aromatic N) is 1. The average Bonchev–Trinajstić information content (AvgIpc) is 2.76. The fraction of sp³-hybridized carbons (Fsp3) is 0.450. The second-order valence-electron chi connectivity index (χ2n) is 7.30. The highest BCUT2D eigenvalue weighted by Crippen LogP contribution is 2.39. The average molecular weight is 309 g/mol. The molecule has 0 radical (unpaired) electrons. The lowest BCUT2D eigenvalue weighted by Gasteiger charge is -2.35. The number of fused-ring (bicyclic) bond motifs is 2. The van der Waals surface area contributed by atoms with Crippen molar-refractivity contribution in [3.63, 3.8) is 0 Å². The van der Waals surface area contributed by atoms with Crippen LogP contribution in [0.4, 0.5) is 4.79 Å². The van der Waals surface area contributed by atoms with Gasteiger partial charge in [0.1, 0.15) is 5.60 Å². The van der Waals surface area contributed by atoms with Crippen molar-refractivity contribution < 1.29 is 9.53 Å². The summed E-state index contributed by atoms with van der Waals surface area (Å²) in [5.74, 6) is 2.64. The molecule has 2 unspecified atom stereocenters. The van der Waals surface area contributed by atoms with Gasteiger partial charge in [0.25, 0.3) is 0 Å². The zero-order valence-electron chi connectivity index (χ0n) is 14.0. The molecule has 1 amide bonds. The van der Waals surface area contributed by atoms with Gasteiger partial charge in [-0.2, -0.15) is 0 Å². The number of carbonyl (C=O) groups excluding carboxylic acids is 1. The summed E-state index contributed by atoms with van der Waals surface area (Å²) >= 11 is 0. The van der Waals surface area contributed by atoms with Gasteiger partial charge in [-0.25, -0.2) is 4.79 Å². The lowest BCUT2D eigenvalue weighted by Crippen LogP contribution is -2.45. The van der Waals surface area contributed by atoms with Gasteiger partial charge >= 0.3 is 6.09 Å². The summed E-state index contributed by atoms with van der Waals surface area (Å²) in [6, 6.07) is 8.47. The number of amides is 1. The number of hydrogen-bond donors (Lipinski definition) is 0. The number of benzene rings is 1. The molecule has 1 aromatic carbocycles. The molecule has 3 heteroatoms. The summed E-state index contributed by atoms with van der Waals surface area (Å²) in [6.07, 6.45) is 10.4. The SMILES string of the molecule is C#Cc1ccc(C2=CC3CCC(C2)N3C(=O)OC(C)(C)C)cc1. The van der Waals surface area contributed by atoms with E-state index in [2.05, 4.69) is 24.1 Å². The van der Waals surface area contributed by atoms with Crippen molar-refractivity contribution in [2.24, 2.45) is 0 Å². The van der Waals surface area contributed by atoms with E-state index in [1.54, 1.807) is 0 Å². The molecule has 1 saturated heterocycles. The molecule has 0 aromatic heterocycles. The number of hydrogen-bond acceptors (Lipinski definition) is 2. The Balaban J connectivity index is 1.80. The smallest absolute Gasteiger partial charge is 0.411 e. The first kappa shape index (κ1) is 15.7. The van der Waals surface area contributed by atoms with Crippen LogP contribution in [0.1, 0.15) is 51.2 Å². The van der Waals surface area contributed by atoms with Crippen LogP contribution in [-0.2, 0) is 4.74 Å². The molecule has 2 bridgehead atoms. The highest BCUT2D eigenvalue weighted by atomic mass is 16.6. The second-order valence-corrected chi connectivity index (χ2v) is 7.30. The summed E-state index contributed by atoms with van der Waals surface area (Å²) in [7, 11) is 0. The molecular formula is C20H23NO2. The molecular weight excluding hydrogens is 286 g/mol. The Morgan fingerprint density at radius 1 is 1.26 bits per heavy atom. The number of ether oxygens (including phenoxy) is 1. The van der Waals surface area contributed by atoms with Crippen LogP contribution in [0.2, 0.25) is 0 Å². The third kappa shape index (κ3) is 3.27. The lowest BCUT2D eigenvalue weighted by atomic mass is 9.94. The molecule has 1 fully saturated rings.